The Morgan fingerprint density at radius 3 is 2.05 bits per heavy atom. The number of carbonyl (C=O) groups excluding carboxylic acids is 1. The lowest BCUT2D eigenvalue weighted by atomic mass is 10.1. The van der Waals surface area contributed by atoms with Gasteiger partial charge in [0.2, 0.25) is 5.91 Å². The topological polar surface area (TPSA) is 66.4 Å². The van der Waals surface area contributed by atoms with Crippen LogP contribution in [0.3, 0.4) is 0 Å². The van der Waals surface area contributed by atoms with E-state index in [1.165, 1.54) is 0 Å². The summed E-state index contributed by atoms with van der Waals surface area (Å²) in [7, 11) is 0. The van der Waals surface area contributed by atoms with Crippen molar-refractivity contribution in [2.75, 3.05) is 0 Å². The van der Waals surface area contributed by atoms with Gasteiger partial charge in [-0.2, -0.15) is 0 Å². The Bertz CT molecular complexity index is 581. The molecule has 0 aromatic heterocycles. The number of benzene rings is 2. The highest BCUT2D eigenvalue weighted by atomic mass is 16.4. The fourth-order valence-electron chi connectivity index (χ4n) is 1.93. The SMILES string of the molecule is O=C(Cc1ccccc1)N[C@H](C(=O)O)c1ccccc1. The van der Waals surface area contributed by atoms with Crippen LogP contribution in [0.25, 0.3) is 0 Å². The maximum absolute atomic E-state index is 11.9. The lowest BCUT2D eigenvalue weighted by Gasteiger charge is -2.14. The molecule has 2 rings (SSSR count). The smallest absolute Gasteiger partial charge is 0.330 e. The first-order valence-corrected chi connectivity index (χ1v) is 6.28. The van der Waals surface area contributed by atoms with Crippen molar-refractivity contribution in [2.45, 2.75) is 12.5 Å². The highest BCUT2D eigenvalue weighted by Gasteiger charge is 2.21. The summed E-state index contributed by atoms with van der Waals surface area (Å²) in [5.74, 6) is -1.38. The van der Waals surface area contributed by atoms with E-state index in [0.29, 0.717) is 5.56 Å². The summed E-state index contributed by atoms with van der Waals surface area (Å²) in [6, 6.07) is 16.8. The van der Waals surface area contributed by atoms with Crippen LogP contribution in [-0.4, -0.2) is 17.0 Å². The van der Waals surface area contributed by atoms with E-state index in [9.17, 15) is 14.7 Å². The zero-order valence-corrected chi connectivity index (χ0v) is 10.8. The second-order valence-electron chi connectivity index (χ2n) is 4.41. The molecule has 4 heteroatoms. The monoisotopic (exact) mass is 269 g/mol. The molecule has 0 saturated heterocycles. The summed E-state index contributed by atoms with van der Waals surface area (Å²) in [5.41, 5.74) is 1.41. The molecule has 1 amide bonds. The Morgan fingerprint density at radius 1 is 0.950 bits per heavy atom. The standard InChI is InChI=1S/C16H15NO3/c18-14(11-12-7-3-1-4-8-12)17-15(16(19)20)13-9-5-2-6-10-13/h1-10,15H,11H2,(H,17,18)(H,19,20)/t15-/m0/s1. The van der Waals surface area contributed by atoms with Gasteiger partial charge < -0.3 is 10.4 Å². The van der Waals surface area contributed by atoms with Gasteiger partial charge in [-0.15, -0.1) is 0 Å². The first-order valence-electron chi connectivity index (χ1n) is 6.28. The largest absolute Gasteiger partial charge is 0.479 e. The molecule has 102 valence electrons. The van der Waals surface area contributed by atoms with Crippen molar-refractivity contribution >= 4 is 11.9 Å². The number of hydrogen-bond donors (Lipinski definition) is 2. The van der Waals surface area contributed by atoms with Gasteiger partial charge in [-0.25, -0.2) is 4.79 Å². The third-order valence-electron chi connectivity index (χ3n) is 2.89. The lowest BCUT2D eigenvalue weighted by molar-refractivity contribution is -0.141. The summed E-state index contributed by atoms with van der Waals surface area (Å²) < 4.78 is 0. The number of carboxylic acid groups (broad SMARTS) is 1. The molecule has 0 aliphatic heterocycles. The predicted molar refractivity (Wildman–Crippen MR) is 75.1 cm³/mol. The fourth-order valence-corrected chi connectivity index (χ4v) is 1.93. The van der Waals surface area contributed by atoms with Crippen LogP contribution in [0.1, 0.15) is 17.2 Å². The lowest BCUT2D eigenvalue weighted by Crippen LogP contribution is -2.34. The van der Waals surface area contributed by atoms with E-state index < -0.39 is 12.0 Å². The van der Waals surface area contributed by atoms with Crippen LogP contribution in [0.15, 0.2) is 60.7 Å². The Hall–Kier alpha value is -2.62. The van der Waals surface area contributed by atoms with Crippen LogP contribution in [0, 0.1) is 0 Å². The highest BCUT2D eigenvalue weighted by molar-refractivity contribution is 5.85. The van der Waals surface area contributed by atoms with Crippen molar-refractivity contribution in [3.63, 3.8) is 0 Å². The van der Waals surface area contributed by atoms with Gasteiger partial charge >= 0.3 is 5.97 Å². The molecule has 0 aliphatic rings. The second-order valence-corrected chi connectivity index (χ2v) is 4.41. The first-order chi connectivity index (χ1) is 9.66. The van der Waals surface area contributed by atoms with Crippen molar-refractivity contribution in [2.24, 2.45) is 0 Å². The minimum absolute atomic E-state index is 0.164. The zero-order valence-electron chi connectivity index (χ0n) is 10.8. The molecule has 4 nitrogen and oxygen atoms in total. The van der Waals surface area contributed by atoms with Crippen molar-refractivity contribution < 1.29 is 14.7 Å². The van der Waals surface area contributed by atoms with Gasteiger partial charge in [0.05, 0.1) is 6.42 Å². The molecule has 0 fully saturated rings. The third kappa shape index (κ3) is 3.68. The van der Waals surface area contributed by atoms with E-state index in [4.69, 9.17) is 0 Å². The molecule has 0 aliphatic carbocycles. The molecule has 0 spiro atoms. The van der Waals surface area contributed by atoms with Gasteiger partial charge in [0.1, 0.15) is 0 Å². The number of nitrogens with one attached hydrogen (secondary N) is 1. The normalized spacial score (nSPS) is 11.6. The quantitative estimate of drug-likeness (QED) is 0.874. The van der Waals surface area contributed by atoms with E-state index in [-0.39, 0.29) is 12.3 Å². The number of carbonyl (C=O) groups is 2. The summed E-state index contributed by atoms with van der Waals surface area (Å²) >= 11 is 0. The van der Waals surface area contributed by atoms with Gasteiger partial charge in [-0.3, -0.25) is 4.79 Å². The van der Waals surface area contributed by atoms with Crippen molar-refractivity contribution in [3.8, 4) is 0 Å². The van der Waals surface area contributed by atoms with Crippen LogP contribution < -0.4 is 5.32 Å². The highest BCUT2D eigenvalue weighted by Crippen LogP contribution is 2.13. The third-order valence-corrected chi connectivity index (χ3v) is 2.89. The minimum Gasteiger partial charge on any atom is -0.479 e. The Labute approximate surface area is 117 Å². The zero-order chi connectivity index (χ0) is 14.4. The van der Waals surface area contributed by atoms with Crippen LogP contribution in [-0.2, 0) is 16.0 Å². The number of amides is 1. The molecule has 0 saturated carbocycles. The van der Waals surface area contributed by atoms with Crippen LogP contribution in [0.2, 0.25) is 0 Å². The van der Waals surface area contributed by atoms with Gasteiger partial charge in [-0.05, 0) is 11.1 Å². The van der Waals surface area contributed by atoms with E-state index in [1.54, 1.807) is 30.3 Å². The summed E-state index contributed by atoms with van der Waals surface area (Å²) in [5, 5.41) is 11.8. The average Bonchev–Trinajstić information content (AvgIpc) is 2.46. The minimum atomic E-state index is -1.07. The van der Waals surface area contributed by atoms with Crippen LogP contribution in [0.4, 0.5) is 0 Å². The average molecular weight is 269 g/mol. The number of carboxylic acids is 1. The Morgan fingerprint density at radius 2 is 1.50 bits per heavy atom. The van der Waals surface area contributed by atoms with Crippen molar-refractivity contribution in [3.05, 3.63) is 71.8 Å². The predicted octanol–water partition coefficient (Wildman–Crippen LogP) is 2.17. The number of aliphatic carboxylic acids is 1. The number of hydrogen-bond acceptors (Lipinski definition) is 2. The van der Waals surface area contributed by atoms with E-state index in [2.05, 4.69) is 5.32 Å². The van der Waals surface area contributed by atoms with Crippen LogP contribution >= 0.6 is 0 Å². The van der Waals surface area contributed by atoms with Crippen LogP contribution in [0.5, 0.6) is 0 Å². The Balaban J connectivity index is 2.06. The summed E-state index contributed by atoms with van der Waals surface area (Å²) in [6.07, 6.45) is 0.164. The van der Waals surface area contributed by atoms with Gasteiger partial charge in [-0.1, -0.05) is 60.7 Å². The molecule has 0 radical (unpaired) electrons. The van der Waals surface area contributed by atoms with E-state index in [1.807, 2.05) is 30.3 Å². The first kappa shape index (κ1) is 13.8. The molecule has 0 unspecified atom stereocenters. The molecular formula is C16H15NO3. The molecule has 20 heavy (non-hydrogen) atoms. The maximum atomic E-state index is 11.9. The van der Waals surface area contributed by atoms with E-state index in [0.717, 1.165) is 5.56 Å². The summed E-state index contributed by atoms with van der Waals surface area (Å²) in [6.45, 7) is 0. The van der Waals surface area contributed by atoms with Gasteiger partial charge in [0.25, 0.3) is 0 Å². The molecule has 2 aromatic rings. The van der Waals surface area contributed by atoms with Crippen molar-refractivity contribution in [1.29, 1.82) is 0 Å². The summed E-state index contributed by atoms with van der Waals surface area (Å²) in [4.78, 5) is 23.2. The molecule has 0 heterocycles. The number of rotatable bonds is 5. The molecule has 1 atom stereocenters. The molecule has 2 N–H and O–H groups in total. The molecular weight excluding hydrogens is 254 g/mol. The maximum Gasteiger partial charge on any atom is 0.330 e. The molecule has 2 aromatic carbocycles. The van der Waals surface area contributed by atoms with Gasteiger partial charge in [0.15, 0.2) is 6.04 Å². The second kappa shape index (κ2) is 6.52. The molecule has 0 bridgehead atoms. The fraction of sp³-hybridized carbons (Fsp3) is 0.125. The van der Waals surface area contributed by atoms with E-state index >= 15 is 0 Å². The van der Waals surface area contributed by atoms with Crippen molar-refractivity contribution in [1.82, 2.24) is 5.32 Å². The Kier molecular flexibility index (Phi) is 4.50. The van der Waals surface area contributed by atoms with Gasteiger partial charge in [0, 0.05) is 0 Å².